The summed E-state index contributed by atoms with van der Waals surface area (Å²) < 4.78 is 0. The van der Waals surface area contributed by atoms with E-state index in [0.717, 1.165) is 23.1 Å². The quantitative estimate of drug-likeness (QED) is 0.906. The number of nitrogens with one attached hydrogen (secondary N) is 1. The van der Waals surface area contributed by atoms with Gasteiger partial charge in [-0.15, -0.1) is 10.2 Å². The van der Waals surface area contributed by atoms with Crippen LogP contribution in [-0.4, -0.2) is 16.7 Å². The molecule has 1 N–H and O–H groups in total. The highest BCUT2D eigenvalue weighted by Crippen LogP contribution is 2.41. The first-order chi connectivity index (χ1) is 8.81. The smallest absolute Gasteiger partial charge is 0.205 e. The van der Waals surface area contributed by atoms with E-state index in [2.05, 4.69) is 27.6 Å². The summed E-state index contributed by atoms with van der Waals surface area (Å²) in [5.41, 5.74) is 1.28. The second-order valence-corrected chi connectivity index (χ2v) is 5.97. The highest BCUT2D eigenvalue weighted by molar-refractivity contribution is 7.15. The van der Waals surface area contributed by atoms with Crippen LogP contribution in [0.25, 0.3) is 0 Å². The van der Waals surface area contributed by atoms with Crippen molar-refractivity contribution in [3.8, 4) is 0 Å². The molecule has 0 bridgehead atoms. The minimum absolute atomic E-state index is 0.689. The van der Waals surface area contributed by atoms with Gasteiger partial charge in [-0.05, 0) is 37.0 Å². The van der Waals surface area contributed by atoms with Crippen molar-refractivity contribution >= 4 is 28.1 Å². The third-order valence-corrected chi connectivity index (χ3v) is 4.27. The Morgan fingerprint density at radius 2 is 2.00 bits per heavy atom. The number of hydrogen-bond acceptors (Lipinski definition) is 4. The number of hydrogen-bond donors (Lipinski definition) is 1. The second-order valence-electron chi connectivity index (χ2n) is 4.52. The van der Waals surface area contributed by atoms with E-state index in [4.69, 9.17) is 11.6 Å². The van der Waals surface area contributed by atoms with Crippen LogP contribution in [0.3, 0.4) is 0 Å². The number of halogens is 1. The minimum atomic E-state index is 0.689. The van der Waals surface area contributed by atoms with E-state index in [1.165, 1.54) is 23.4 Å². The Kier molecular flexibility index (Phi) is 3.48. The van der Waals surface area contributed by atoms with Gasteiger partial charge >= 0.3 is 0 Å². The highest BCUT2D eigenvalue weighted by atomic mass is 35.5. The molecule has 0 aliphatic heterocycles. The Labute approximate surface area is 115 Å². The second kappa shape index (κ2) is 5.24. The average molecular weight is 280 g/mol. The van der Waals surface area contributed by atoms with E-state index in [-0.39, 0.29) is 0 Å². The molecule has 1 fully saturated rings. The third-order valence-electron chi connectivity index (χ3n) is 2.97. The molecule has 0 unspecified atom stereocenters. The van der Waals surface area contributed by atoms with Crippen molar-refractivity contribution in [1.82, 2.24) is 10.2 Å². The normalized spacial score (nSPS) is 14.7. The molecule has 0 radical (unpaired) electrons. The van der Waals surface area contributed by atoms with Crippen LogP contribution < -0.4 is 5.32 Å². The summed E-state index contributed by atoms with van der Waals surface area (Å²) in [5.74, 6) is 0.689. The van der Waals surface area contributed by atoms with Gasteiger partial charge in [-0.25, -0.2) is 0 Å². The number of nitrogens with zero attached hydrogens (tertiary/aromatic N) is 2. The Morgan fingerprint density at radius 1 is 1.22 bits per heavy atom. The first kappa shape index (κ1) is 11.9. The molecule has 0 amide bonds. The Morgan fingerprint density at radius 3 is 2.72 bits per heavy atom. The lowest BCUT2D eigenvalue weighted by atomic mass is 10.1. The van der Waals surface area contributed by atoms with Crippen LogP contribution in [0.5, 0.6) is 0 Å². The summed E-state index contributed by atoms with van der Waals surface area (Å²) >= 11 is 7.53. The van der Waals surface area contributed by atoms with Crippen LogP contribution in [-0.2, 0) is 6.42 Å². The molecule has 1 saturated carbocycles. The van der Waals surface area contributed by atoms with Gasteiger partial charge in [-0.3, -0.25) is 0 Å². The van der Waals surface area contributed by atoms with E-state index in [9.17, 15) is 0 Å². The molecular weight excluding hydrogens is 266 g/mol. The zero-order valence-corrected chi connectivity index (χ0v) is 11.5. The topological polar surface area (TPSA) is 37.8 Å². The third kappa shape index (κ3) is 3.00. The molecule has 3 rings (SSSR count). The van der Waals surface area contributed by atoms with Gasteiger partial charge in [0, 0.05) is 17.5 Å². The maximum absolute atomic E-state index is 5.85. The van der Waals surface area contributed by atoms with Crippen molar-refractivity contribution in [3.63, 3.8) is 0 Å². The van der Waals surface area contributed by atoms with Gasteiger partial charge in [-0.2, -0.15) is 0 Å². The largest absolute Gasteiger partial charge is 0.360 e. The molecule has 1 heterocycles. The Bertz CT molecular complexity index is 519. The van der Waals surface area contributed by atoms with Gasteiger partial charge in [0.1, 0.15) is 5.01 Å². The molecular formula is C13H14ClN3S. The fraction of sp³-hybridized carbons (Fsp3) is 0.385. The fourth-order valence-corrected chi connectivity index (χ4v) is 2.83. The molecule has 0 atom stereocenters. The molecule has 94 valence electrons. The van der Waals surface area contributed by atoms with E-state index in [1.54, 1.807) is 11.3 Å². The predicted octanol–water partition coefficient (Wildman–Crippen LogP) is 3.72. The zero-order valence-electron chi connectivity index (χ0n) is 9.90. The summed E-state index contributed by atoms with van der Waals surface area (Å²) in [6.45, 7) is 0.876. The monoisotopic (exact) mass is 279 g/mol. The van der Waals surface area contributed by atoms with Gasteiger partial charge in [0.15, 0.2) is 0 Å². The number of benzene rings is 1. The van der Waals surface area contributed by atoms with E-state index >= 15 is 0 Å². The lowest BCUT2D eigenvalue weighted by molar-refractivity contribution is 0.957. The molecule has 1 aliphatic rings. The maximum atomic E-state index is 5.85. The number of anilines is 1. The SMILES string of the molecule is Clc1ccc(CCNc2nnc(C3CC3)s2)cc1. The van der Waals surface area contributed by atoms with Crippen LogP contribution in [0.1, 0.15) is 29.3 Å². The van der Waals surface area contributed by atoms with Gasteiger partial charge in [0.25, 0.3) is 0 Å². The molecule has 0 spiro atoms. The molecule has 0 saturated heterocycles. The summed E-state index contributed by atoms with van der Waals surface area (Å²) in [5, 5.41) is 14.6. The molecule has 1 aromatic carbocycles. The summed E-state index contributed by atoms with van der Waals surface area (Å²) in [7, 11) is 0. The van der Waals surface area contributed by atoms with E-state index < -0.39 is 0 Å². The van der Waals surface area contributed by atoms with Crippen molar-refractivity contribution in [2.45, 2.75) is 25.2 Å². The van der Waals surface area contributed by atoms with Crippen molar-refractivity contribution < 1.29 is 0 Å². The molecule has 1 aromatic heterocycles. The molecule has 2 aromatic rings. The molecule has 18 heavy (non-hydrogen) atoms. The van der Waals surface area contributed by atoms with Gasteiger partial charge in [0.05, 0.1) is 0 Å². The van der Waals surface area contributed by atoms with Crippen LogP contribution in [0, 0.1) is 0 Å². The van der Waals surface area contributed by atoms with Crippen molar-refractivity contribution in [1.29, 1.82) is 0 Å². The van der Waals surface area contributed by atoms with Crippen LogP contribution in [0.15, 0.2) is 24.3 Å². The van der Waals surface area contributed by atoms with Crippen LogP contribution in [0.4, 0.5) is 5.13 Å². The molecule has 3 nitrogen and oxygen atoms in total. The lowest BCUT2D eigenvalue weighted by Crippen LogP contribution is -2.04. The minimum Gasteiger partial charge on any atom is -0.360 e. The molecule has 5 heteroatoms. The van der Waals surface area contributed by atoms with Gasteiger partial charge in [-0.1, -0.05) is 35.1 Å². The zero-order chi connectivity index (χ0) is 12.4. The predicted molar refractivity (Wildman–Crippen MR) is 75.5 cm³/mol. The fourth-order valence-electron chi connectivity index (χ4n) is 1.77. The van der Waals surface area contributed by atoms with Crippen LogP contribution in [0.2, 0.25) is 5.02 Å². The Hall–Kier alpha value is -1.13. The maximum Gasteiger partial charge on any atom is 0.205 e. The van der Waals surface area contributed by atoms with Gasteiger partial charge in [0.2, 0.25) is 5.13 Å². The number of aromatic nitrogens is 2. The van der Waals surface area contributed by atoms with Gasteiger partial charge < -0.3 is 5.32 Å². The number of rotatable bonds is 5. The Balaban J connectivity index is 1.49. The lowest BCUT2D eigenvalue weighted by Gasteiger charge is -2.02. The van der Waals surface area contributed by atoms with Crippen molar-refractivity contribution in [2.24, 2.45) is 0 Å². The molecule has 1 aliphatic carbocycles. The van der Waals surface area contributed by atoms with Crippen LogP contribution >= 0.6 is 22.9 Å². The summed E-state index contributed by atoms with van der Waals surface area (Å²) in [6.07, 6.45) is 3.52. The van der Waals surface area contributed by atoms with Crippen molar-refractivity contribution in [3.05, 3.63) is 39.9 Å². The highest BCUT2D eigenvalue weighted by Gasteiger charge is 2.27. The summed E-state index contributed by atoms with van der Waals surface area (Å²) in [6, 6.07) is 7.96. The first-order valence-corrected chi connectivity index (χ1v) is 7.32. The van der Waals surface area contributed by atoms with Crippen molar-refractivity contribution in [2.75, 3.05) is 11.9 Å². The van der Waals surface area contributed by atoms with E-state index in [0.29, 0.717) is 5.92 Å². The van der Waals surface area contributed by atoms with E-state index in [1.807, 2.05) is 12.1 Å². The summed E-state index contributed by atoms with van der Waals surface area (Å²) in [4.78, 5) is 0. The average Bonchev–Trinajstić information content (AvgIpc) is 3.12. The first-order valence-electron chi connectivity index (χ1n) is 6.13. The standard InChI is InChI=1S/C13H14ClN3S/c14-11-5-1-9(2-6-11)7-8-15-13-17-16-12(18-13)10-3-4-10/h1-2,5-6,10H,3-4,7-8H2,(H,15,17).